The van der Waals surface area contributed by atoms with E-state index in [4.69, 9.17) is 4.74 Å². The summed E-state index contributed by atoms with van der Waals surface area (Å²) >= 11 is 0. The predicted octanol–water partition coefficient (Wildman–Crippen LogP) is 14.1. The van der Waals surface area contributed by atoms with Gasteiger partial charge in [0.1, 0.15) is 11.5 Å². The Morgan fingerprint density at radius 3 is 1.42 bits per heavy atom. The van der Waals surface area contributed by atoms with E-state index in [0.717, 1.165) is 39.7 Å². The first kappa shape index (κ1) is 31.4. The van der Waals surface area contributed by atoms with Gasteiger partial charge in [-0.05, 0) is 104 Å². The fourth-order valence-corrected chi connectivity index (χ4v) is 9.12. The summed E-state index contributed by atoms with van der Waals surface area (Å²) in [5.41, 5.74) is 14.9. The quantitative estimate of drug-likeness (QED) is 0.177. The van der Waals surface area contributed by atoms with Crippen LogP contribution in [-0.4, -0.2) is 0 Å². The minimum Gasteiger partial charge on any atom is -0.457 e. The molecule has 0 bridgehead atoms. The molecule has 0 N–H and O–H groups in total. The lowest BCUT2D eigenvalue weighted by Gasteiger charge is -2.40. The van der Waals surface area contributed by atoms with Crippen LogP contribution >= 0.6 is 0 Å². The molecule has 2 aliphatic rings. The number of benzene rings is 9. The minimum atomic E-state index is -0.604. The number of fused-ring (bicyclic) bond motifs is 11. The van der Waals surface area contributed by atoms with E-state index in [1.54, 1.807) is 0 Å². The van der Waals surface area contributed by atoms with Crippen LogP contribution in [0.2, 0.25) is 0 Å². The summed E-state index contributed by atoms with van der Waals surface area (Å²) < 4.78 is 6.71. The average Bonchev–Trinajstić information content (AvgIpc) is 3.55. The second-order valence-electron chi connectivity index (χ2n) is 14.4. The molecule has 0 unspecified atom stereocenters. The van der Waals surface area contributed by atoms with E-state index in [-0.39, 0.29) is 0 Å². The Morgan fingerprint density at radius 1 is 0.345 bits per heavy atom. The second kappa shape index (κ2) is 12.5. The first-order valence-electron chi connectivity index (χ1n) is 18.9. The molecular formula is C53H35NO. The zero-order chi connectivity index (χ0) is 36.3. The Labute approximate surface area is 321 Å². The molecule has 9 aromatic rings. The molecule has 0 atom stereocenters. The first-order valence-corrected chi connectivity index (χ1v) is 18.9. The van der Waals surface area contributed by atoms with Crippen molar-refractivity contribution in [3.63, 3.8) is 0 Å². The Morgan fingerprint density at radius 2 is 0.818 bits per heavy atom. The standard InChI is InChI=1S/C53H35NO/c1-3-13-36(14-4-1)38-23-28-41(29-24-38)54(42-30-25-39(26-31-42)37-15-5-2-6-16-37)43-32-34-45-46-33-27-40-17-7-8-18-44(40)52(46)53(49(45)35-43)47-19-9-11-21-50(47)55-51-22-12-10-20-48(51)53/h1-35H. The van der Waals surface area contributed by atoms with E-state index in [1.807, 2.05) is 0 Å². The van der Waals surface area contributed by atoms with Gasteiger partial charge in [-0.3, -0.25) is 0 Å². The summed E-state index contributed by atoms with van der Waals surface area (Å²) in [6.45, 7) is 0. The molecule has 0 radical (unpaired) electrons. The third-order valence-corrected chi connectivity index (χ3v) is 11.5. The van der Waals surface area contributed by atoms with Crippen molar-refractivity contribution in [2.24, 2.45) is 0 Å². The van der Waals surface area contributed by atoms with E-state index in [1.165, 1.54) is 55.3 Å². The van der Waals surface area contributed by atoms with Gasteiger partial charge in [0.2, 0.25) is 0 Å². The van der Waals surface area contributed by atoms with Crippen LogP contribution in [0.25, 0.3) is 44.2 Å². The molecule has 0 fully saturated rings. The van der Waals surface area contributed by atoms with Crippen LogP contribution in [0, 0.1) is 0 Å². The van der Waals surface area contributed by atoms with Crippen molar-refractivity contribution in [2.75, 3.05) is 4.90 Å². The highest BCUT2D eigenvalue weighted by molar-refractivity contribution is 6.02. The number of anilines is 3. The normalized spacial score (nSPS) is 13.0. The van der Waals surface area contributed by atoms with Gasteiger partial charge in [-0.25, -0.2) is 0 Å². The maximum atomic E-state index is 6.71. The van der Waals surface area contributed by atoms with Crippen LogP contribution < -0.4 is 9.64 Å². The van der Waals surface area contributed by atoms with Crippen molar-refractivity contribution in [2.45, 2.75) is 5.41 Å². The second-order valence-corrected chi connectivity index (χ2v) is 14.4. The summed E-state index contributed by atoms with van der Waals surface area (Å²) in [4.78, 5) is 2.40. The molecule has 1 aliphatic carbocycles. The molecule has 0 saturated heterocycles. The molecule has 258 valence electrons. The van der Waals surface area contributed by atoms with Gasteiger partial charge in [-0.2, -0.15) is 0 Å². The molecule has 9 aromatic carbocycles. The molecule has 55 heavy (non-hydrogen) atoms. The maximum Gasteiger partial charge on any atom is 0.132 e. The third kappa shape index (κ3) is 4.82. The predicted molar refractivity (Wildman–Crippen MR) is 227 cm³/mol. The lowest BCUT2D eigenvalue weighted by molar-refractivity contribution is 0.437. The van der Waals surface area contributed by atoms with Crippen molar-refractivity contribution in [3.8, 4) is 44.9 Å². The fraction of sp³-hybridized carbons (Fsp3) is 0.0189. The molecule has 1 heterocycles. The highest BCUT2D eigenvalue weighted by Crippen LogP contribution is 2.64. The Hall–Kier alpha value is -7.16. The monoisotopic (exact) mass is 701 g/mol. The van der Waals surface area contributed by atoms with Crippen molar-refractivity contribution in [1.29, 1.82) is 0 Å². The van der Waals surface area contributed by atoms with Gasteiger partial charge in [-0.15, -0.1) is 0 Å². The lowest BCUT2D eigenvalue weighted by atomic mass is 9.65. The highest BCUT2D eigenvalue weighted by atomic mass is 16.5. The SMILES string of the molecule is c1ccc(-c2ccc(N(c3ccc(-c4ccccc4)cc3)c3ccc4c(c3)C3(c5ccccc5Oc5ccccc53)c3c-4ccc4ccccc34)cc2)cc1. The van der Waals surface area contributed by atoms with Gasteiger partial charge >= 0.3 is 0 Å². The van der Waals surface area contributed by atoms with Crippen LogP contribution in [0.3, 0.4) is 0 Å². The van der Waals surface area contributed by atoms with Gasteiger partial charge in [0.05, 0.1) is 5.41 Å². The summed E-state index contributed by atoms with van der Waals surface area (Å²) in [5.74, 6) is 1.78. The minimum absolute atomic E-state index is 0.604. The van der Waals surface area contributed by atoms with Crippen molar-refractivity contribution in [3.05, 3.63) is 235 Å². The molecule has 0 amide bonds. The van der Waals surface area contributed by atoms with Gasteiger partial charge in [-0.1, -0.05) is 164 Å². The van der Waals surface area contributed by atoms with E-state index < -0.39 is 5.41 Å². The van der Waals surface area contributed by atoms with Crippen LogP contribution in [0.5, 0.6) is 11.5 Å². The van der Waals surface area contributed by atoms with Crippen molar-refractivity contribution >= 4 is 27.8 Å². The topological polar surface area (TPSA) is 12.5 Å². The summed E-state index contributed by atoms with van der Waals surface area (Å²) in [5, 5.41) is 2.49. The number of para-hydroxylation sites is 2. The summed E-state index contributed by atoms with van der Waals surface area (Å²) in [6, 6.07) is 76.9. The van der Waals surface area contributed by atoms with Crippen LogP contribution in [0.4, 0.5) is 17.1 Å². The largest absolute Gasteiger partial charge is 0.457 e. The van der Waals surface area contributed by atoms with Crippen molar-refractivity contribution < 1.29 is 4.74 Å². The molecule has 2 heteroatoms. The Bertz CT molecular complexity index is 2750. The highest BCUT2D eigenvalue weighted by Gasteiger charge is 2.52. The average molecular weight is 702 g/mol. The van der Waals surface area contributed by atoms with Crippen LogP contribution in [0.15, 0.2) is 212 Å². The Kier molecular flexibility index (Phi) is 7.11. The zero-order valence-corrected chi connectivity index (χ0v) is 30.1. The molecule has 2 nitrogen and oxygen atoms in total. The number of ether oxygens (including phenoxy) is 1. The van der Waals surface area contributed by atoms with E-state index in [0.29, 0.717) is 0 Å². The fourth-order valence-electron chi connectivity index (χ4n) is 9.12. The van der Waals surface area contributed by atoms with E-state index >= 15 is 0 Å². The first-order chi connectivity index (χ1) is 27.3. The molecule has 1 spiro atoms. The number of hydrogen-bond donors (Lipinski definition) is 0. The third-order valence-electron chi connectivity index (χ3n) is 11.5. The van der Waals surface area contributed by atoms with Gasteiger partial charge in [0.25, 0.3) is 0 Å². The maximum absolute atomic E-state index is 6.71. The molecular weight excluding hydrogens is 667 g/mol. The molecule has 11 rings (SSSR count). The Balaban J connectivity index is 1.16. The van der Waals surface area contributed by atoms with E-state index in [9.17, 15) is 0 Å². The zero-order valence-electron chi connectivity index (χ0n) is 30.1. The van der Waals surface area contributed by atoms with E-state index in [2.05, 4.69) is 217 Å². The summed E-state index contributed by atoms with van der Waals surface area (Å²) in [6.07, 6.45) is 0. The smallest absolute Gasteiger partial charge is 0.132 e. The molecule has 0 aromatic heterocycles. The van der Waals surface area contributed by atoms with Gasteiger partial charge < -0.3 is 9.64 Å². The lowest BCUT2D eigenvalue weighted by Crippen LogP contribution is -2.32. The summed E-state index contributed by atoms with van der Waals surface area (Å²) in [7, 11) is 0. The number of hydrogen-bond acceptors (Lipinski definition) is 2. The number of nitrogens with zero attached hydrogens (tertiary/aromatic N) is 1. The van der Waals surface area contributed by atoms with Crippen LogP contribution in [-0.2, 0) is 5.41 Å². The molecule has 0 saturated carbocycles. The van der Waals surface area contributed by atoms with Gasteiger partial charge in [0, 0.05) is 28.2 Å². The van der Waals surface area contributed by atoms with Gasteiger partial charge in [0.15, 0.2) is 0 Å². The van der Waals surface area contributed by atoms with Crippen LogP contribution in [0.1, 0.15) is 22.3 Å². The molecule has 1 aliphatic heterocycles. The number of rotatable bonds is 5. The van der Waals surface area contributed by atoms with Crippen molar-refractivity contribution in [1.82, 2.24) is 0 Å².